The van der Waals surface area contributed by atoms with Gasteiger partial charge in [0.25, 0.3) is 0 Å². The highest BCUT2D eigenvalue weighted by Crippen LogP contribution is 2.43. The first-order chi connectivity index (χ1) is 15.4. The standard InChI is InChI=1S/C24H24Cl2N4O2/c1-4-20(31)30-9-5-6-17(13-30)28-24-27-12-16-11-15(7-8-18(16)29-24)21-22(25)14(2)10-19(32-3)23(21)26/h4,7-8,10-12,17H,1,5-6,9,13H2,2-3H3,(H,27,28,29)/t17-/m0/s1. The fourth-order valence-electron chi connectivity index (χ4n) is 4.01. The molecule has 0 spiro atoms. The Balaban J connectivity index is 1.61. The topological polar surface area (TPSA) is 67.4 Å². The Hall–Kier alpha value is -2.83. The zero-order chi connectivity index (χ0) is 22.8. The van der Waals surface area contributed by atoms with Crippen molar-refractivity contribution >= 4 is 46.0 Å². The van der Waals surface area contributed by atoms with E-state index in [1.54, 1.807) is 18.2 Å². The van der Waals surface area contributed by atoms with E-state index in [-0.39, 0.29) is 11.9 Å². The summed E-state index contributed by atoms with van der Waals surface area (Å²) in [4.78, 5) is 22.9. The van der Waals surface area contributed by atoms with Crippen molar-refractivity contribution in [3.63, 3.8) is 0 Å². The molecule has 8 heteroatoms. The maximum atomic E-state index is 11.9. The molecule has 2 heterocycles. The molecule has 1 aromatic heterocycles. The number of likely N-dealkylation sites (tertiary alicyclic amines) is 1. The highest BCUT2D eigenvalue weighted by atomic mass is 35.5. The van der Waals surface area contributed by atoms with Gasteiger partial charge >= 0.3 is 0 Å². The number of nitrogens with zero attached hydrogens (tertiary/aromatic N) is 3. The van der Waals surface area contributed by atoms with Crippen LogP contribution in [0.25, 0.3) is 22.0 Å². The van der Waals surface area contributed by atoms with Crippen molar-refractivity contribution in [3.05, 3.63) is 58.7 Å². The van der Waals surface area contributed by atoms with E-state index in [1.165, 1.54) is 6.08 Å². The van der Waals surface area contributed by atoms with Crippen LogP contribution in [-0.2, 0) is 4.79 Å². The Morgan fingerprint density at radius 2 is 2.12 bits per heavy atom. The van der Waals surface area contributed by atoms with Crippen LogP contribution in [0, 0.1) is 6.92 Å². The van der Waals surface area contributed by atoms with Crippen LogP contribution in [0.5, 0.6) is 5.75 Å². The summed E-state index contributed by atoms with van der Waals surface area (Å²) >= 11 is 13.1. The minimum absolute atomic E-state index is 0.0476. The van der Waals surface area contributed by atoms with E-state index < -0.39 is 0 Å². The molecule has 1 N–H and O–H groups in total. The van der Waals surface area contributed by atoms with E-state index in [4.69, 9.17) is 27.9 Å². The lowest BCUT2D eigenvalue weighted by molar-refractivity contribution is -0.127. The summed E-state index contributed by atoms with van der Waals surface area (Å²) in [7, 11) is 1.58. The minimum Gasteiger partial charge on any atom is -0.495 e. The van der Waals surface area contributed by atoms with Gasteiger partial charge in [0, 0.05) is 36.3 Å². The van der Waals surface area contributed by atoms with Crippen LogP contribution in [-0.4, -0.2) is 47.0 Å². The molecule has 1 aliphatic rings. The number of carbonyl (C=O) groups is 1. The van der Waals surface area contributed by atoms with Crippen molar-refractivity contribution in [2.45, 2.75) is 25.8 Å². The van der Waals surface area contributed by atoms with Crippen molar-refractivity contribution in [2.75, 3.05) is 25.5 Å². The fraction of sp³-hybridized carbons (Fsp3) is 0.292. The van der Waals surface area contributed by atoms with Gasteiger partial charge in [-0.3, -0.25) is 4.79 Å². The van der Waals surface area contributed by atoms with Gasteiger partial charge in [-0.15, -0.1) is 0 Å². The van der Waals surface area contributed by atoms with Crippen LogP contribution in [0.15, 0.2) is 43.1 Å². The van der Waals surface area contributed by atoms with E-state index in [1.807, 2.05) is 31.2 Å². The molecular formula is C24H24Cl2N4O2. The smallest absolute Gasteiger partial charge is 0.246 e. The first-order valence-electron chi connectivity index (χ1n) is 10.4. The van der Waals surface area contributed by atoms with E-state index in [0.717, 1.165) is 47.0 Å². The lowest BCUT2D eigenvalue weighted by Gasteiger charge is -2.32. The Labute approximate surface area is 197 Å². The van der Waals surface area contributed by atoms with E-state index in [9.17, 15) is 4.79 Å². The number of carbonyl (C=O) groups excluding carboxylic acids is 1. The molecule has 0 unspecified atom stereocenters. The van der Waals surface area contributed by atoms with Crippen LogP contribution in [0.4, 0.5) is 5.95 Å². The largest absolute Gasteiger partial charge is 0.495 e. The quantitative estimate of drug-likeness (QED) is 0.497. The summed E-state index contributed by atoms with van der Waals surface area (Å²) < 4.78 is 5.39. The normalized spacial score (nSPS) is 16.1. The molecule has 3 aromatic rings. The second-order valence-corrected chi connectivity index (χ2v) is 8.59. The molecule has 4 rings (SSSR count). The van der Waals surface area contributed by atoms with E-state index >= 15 is 0 Å². The maximum absolute atomic E-state index is 11.9. The Kier molecular flexibility index (Phi) is 6.53. The van der Waals surface area contributed by atoms with Gasteiger partial charge in [0.15, 0.2) is 0 Å². The third-order valence-corrected chi connectivity index (χ3v) is 6.54. The minimum atomic E-state index is -0.0476. The summed E-state index contributed by atoms with van der Waals surface area (Å²) in [5, 5.41) is 5.29. The summed E-state index contributed by atoms with van der Waals surface area (Å²) in [5.74, 6) is 1.07. The number of anilines is 1. The predicted octanol–water partition coefficient (Wildman–Crippen LogP) is 5.51. The first-order valence-corrected chi connectivity index (χ1v) is 11.1. The molecule has 166 valence electrons. The van der Waals surface area contributed by atoms with Crippen LogP contribution in [0.3, 0.4) is 0 Å². The van der Waals surface area contributed by atoms with Gasteiger partial charge in [-0.1, -0.05) is 35.8 Å². The van der Waals surface area contributed by atoms with Crippen molar-refractivity contribution in [3.8, 4) is 16.9 Å². The number of benzene rings is 2. The van der Waals surface area contributed by atoms with Crippen molar-refractivity contribution in [2.24, 2.45) is 0 Å². The molecule has 2 aromatic carbocycles. The van der Waals surface area contributed by atoms with Crippen LogP contribution in [0.2, 0.25) is 10.0 Å². The van der Waals surface area contributed by atoms with E-state index in [2.05, 4.69) is 21.9 Å². The molecule has 32 heavy (non-hydrogen) atoms. The Bertz CT molecular complexity index is 1200. The molecule has 0 radical (unpaired) electrons. The molecule has 1 saturated heterocycles. The fourth-order valence-corrected chi connectivity index (χ4v) is 4.65. The third-order valence-electron chi connectivity index (χ3n) is 5.68. The highest BCUT2D eigenvalue weighted by Gasteiger charge is 2.23. The second kappa shape index (κ2) is 9.35. The summed E-state index contributed by atoms with van der Waals surface area (Å²) in [6, 6.07) is 7.76. The lowest BCUT2D eigenvalue weighted by Crippen LogP contribution is -2.44. The molecule has 1 aliphatic heterocycles. The van der Waals surface area contributed by atoms with Gasteiger partial charge < -0.3 is 15.0 Å². The van der Waals surface area contributed by atoms with Gasteiger partial charge in [0.2, 0.25) is 11.9 Å². The number of rotatable bonds is 5. The number of methoxy groups -OCH3 is 1. The van der Waals surface area contributed by atoms with E-state index in [0.29, 0.717) is 28.3 Å². The maximum Gasteiger partial charge on any atom is 0.246 e. The molecule has 0 saturated carbocycles. The van der Waals surface area contributed by atoms with Gasteiger partial charge in [-0.25, -0.2) is 9.97 Å². The predicted molar refractivity (Wildman–Crippen MR) is 130 cm³/mol. The number of ether oxygens (including phenoxy) is 1. The molecular weight excluding hydrogens is 447 g/mol. The average Bonchev–Trinajstić information content (AvgIpc) is 2.81. The zero-order valence-corrected chi connectivity index (χ0v) is 19.5. The summed E-state index contributed by atoms with van der Waals surface area (Å²) in [6.45, 7) is 6.85. The van der Waals surface area contributed by atoms with Crippen molar-refractivity contribution < 1.29 is 9.53 Å². The SMILES string of the molecule is C=CC(=O)N1CCC[C@H](Nc2ncc3cc(-c4c(Cl)c(C)cc(OC)c4Cl)ccc3n2)C1. The van der Waals surface area contributed by atoms with Crippen molar-refractivity contribution in [1.29, 1.82) is 0 Å². The average molecular weight is 471 g/mol. The van der Waals surface area contributed by atoms with Crippen LogP contribution >= 0.6 is 23.2 Å². The number of amides is 1. The van der Waals surface area contributed by atoms with Crippen LogP contribution in [0.1, 0.15) is 18.4 Å². The molecule has 0 aliphatic carbocycles. The summed E-state index contributed by atoms with van der Waals surface area (Å²) in [6.07, 6.45) is 5.01. The Morgan fingerprint density at radius 1 is 1.31 bits per heavy atom. The zero-order valence-electron chi connectivity index (χ0n) is 18.0. The highest BCUT2D eigenvalue weighted by molar-refractivity contribution is 6.40. The third kappa shape index (κ3) is 4.38. The molecule has 1 atom stereocenters. The number of fused-ring (bicyclic) bond motifs is 1. The van der Waals surface area contributed by atoms with Crippen molar-refractivity contribution in [1.82, 2.24) is 14.9 Å². The number of hydrogen-bond acceptors (Lipinski definition) is 5. The van der Waals surface area contributed by atoms with Gasteiger partial charge in [-0.05, 0) is 55.2 Å². The monoisotopic (exact) mass is 470 g/mol. The molecule has 6 nitrogen and oxygen atoms in total. The number of aryl methyl sites for hydroxylation is 1. The Morgan fingerprint density at radius 3 is 2.88 bits per heavy atom. The van der Waals surface area contributed by atoms with Gasteiger partial charge in [0.05, 0.1) is 22.7 Å². The van der Waals surface area contributed by atoms with Gasteiger partial charge in [0.1, 0.15) is 5.75 Å². The number of hydrogen-bond donors (Lipinski definition) is 1. The lowest BCUT2D eigenvalue weighted by atomic mass is 10.0. The second-order valence-electron chi connectivity index (χ2n) is 7.84. The number of halogens is 2. The first kappa shape index (κ1) is 22.4. The van der Waals surface area contributed by atoms with Crippen LogP contribution < -0.4 is 10.1 Å². The van der Waals surface area contributed by atoms with Gasteiger partial charge in [-0.2, -0.15) is 0 Å². The molecule has 1 amide bonds. The molecule has 0 bridgehead atoms. The number of piperidine rings is 1. The number of nitrogens with one attached hydrogen (secondary N) is 1. The molecule has 1 fully saturated rings. The summed E-state index contributed by atoms with van der Waals surface area (Å²) in [5.41, 5.74) is 3.27. The number of aromatic nitrogens is 2.